The van der Waals surface area contributed by atoms with Gasteiger partial charge < -0.3 is 10.2 Å². The molecule has 0 spiro atoms. The molecule has 0 aliphatic heterocycles. The SMILES string of the molecule is OCC#CCCCC#CCO. The summed E-state index contributed by atoms with van der Waals surface area (Å²) < 4.78 is 0. The van der Waals surface area contributed by atoms with Crippen molar-refractivity contribution in [1.82, 2.24) is 0 Å². The van der Waals surface area contributed by atoms with Gasteiger partial charge in [-0.3, -0.25) is 0 Å². The van der Waals surface area contributed by atoms with Gasteiger partial charge in [-0.25, -0.2) is 0 Å². The lowest BCUT2D eigenvalue weighted by atomic mass is 10.2. The Kier molecular flexibility index (Phi) is 8.25. The van der Waals surface area contributed by atoms with Crippen LogP contribution in [0.4, 0.5) is 0 Å². The molecular formula is C9H12O2. The molecule has 0 saturated carbocycles. The summed E-state index contributed by atoms with van der Waals surface area (Å²) >= 11 is 0. The fraction of sp³-hybridized carbons (Fsp3) is 0.556. The average Bonchev–Trinajstić information content (AvgIpc) is 2.03. The molecule has 0 aromatic carbocycles. The molecule has 0 aliphatic rings. The highest BCUT2D eigenvalue weighted by atomic mass is 16.3. The number of rotatable bonds is 2. The standard InChI is InChI=1S/C9H12O2/c10-8-6-4-2-1-3-5-7-9-11/h10-11H,1-3,8-9H2. The van der Waals surface area contributed by atoms with E-state index in [9.17, 15) is 0 Å². The highest BCUT2D eigenvalue weighted by Crippen LogP contribution is 1.90. The third kappa shape index (κ3) is 9.04. The molecule has 0 heterocycles. The molecule has 0 radical (unpaired) electrons. The molecule has 0 atom stereocenters. The van der Waals surface area contributed by atoms with E-state index in [4.69, 9.17) is 10.2 Å². The first-order chi connectivity index (χ1) is 5.41. The van der Waals surface area contributed by atoms with Crippen LogP contribution in [0.25, 0.3) is 0 Å². The molecule has 60 valence electrons. The Hall–Kier alpha value is -0.960. The summed E-state index contributed by atoms with van der Waals surface area (Å²) in [5.74, 6) is 10.7. The quantitative estimate of drug-likeness (QED) is 0.436. The molecule has 0 unspecified atom stereocenters. The van der Waals surface area contributed by atoms with Gasteiger partial charge in [-0.1, -0.05) is 11.8 Å². The third-order valence-electron chi connectivity index (χ3n) is 1.01. The Morgan fingerprint density at radius 3 is 1.55 bits per heavy atom. The van der Waals surface area contributed by atoms with Gasteiger partial charge in [0.1, 0.15) is 13.2 Å². The zero-order valence-corrected chi connectivity index (χ0v) is 6.43. The summed E-state index contributed by atoms with van der Waals surface area (Å²) in [4.78, 5) is 0. The molecule has 0 aromatic rings. The van der Waals surface area contributed by atoms with Crippen LogP contribution in [-0.4, -0.2) is 23.4 Å². The van der Waals surface area contributed by atoms with Gasteiger partial charge in [-0.15, -0.1) is 11.8 Å². The molecule has 0 aromatic heterocycles. The van der Waals surface area contributed by atoms with Crippen molar-refractivity contribution < 1.29 is 10.2 Å². The maximum atomic E-state index is 8.27. The van der Waals surface area contributed by atoms with Crippen molar-refractivity contribution in [2.24, 2.45) is 0 Å². The van der Waals surface area contributed by atoms with E-state index >= 15 is 0 Å². The summed E-state index contributed by atoms with van der Waals surface area (Å²) in [5, 5.41) is 16.5. The van der Waals surface area contributed by atoms with Crippen LogP contribution < -0.4 is 0 Å². The molecular weight excluding hydrogens is 140 g/mol. The highest BCUT2D eigenvalue weighted by molar-refractivity contribution is 5.01. The third-order valence-corrected chi connectivity index (χ3v) is 1.01. The molecule has 2 heteroatoms. The van der Waals surface area contributed by atoms with E-state index in [1.807, 2.05) is 0 Å². The first-order valence-corrected chi connectivity index (χ1v) is 3.55. The smallest absolute Gasteiger partial charge is 0.104 e. The number of aliphatic hydroxyl groups excluding tert-OH is 2. The molecule has 0 bridgehead atoms. The van der Waals surface area contributed by atoms with Crippen molar-refractivity contribution in [2.75, 3.05) is 13.2 Å². The maximum Gasteiger partial charge on any atom is 0.104 e. The summed E-state index contributed by atoms with van der Waals surface area (Å²) in [6, 6.07) is 0. The van der Waals surface area contributed by atoms with E-state index in [2.05, 4.69) is 23.7 Å². The largest absolute Gasteiger partial charge is 0.384 e. The van der Waals surface area contributed by atoms with Crippen molar-refractivity contribution in [3.8, 4) is 23.7 Å². The summed E-state index contributed by atoms with van der Waals surface area (Å²) in [6.45, 7) is -0.134. The minimum absolute atomic E-state index is 0.0671. The van der Waals surface area contributed by atoms with Gasteiger partial charge >= 0.3 is 0 Å². The zero-order valence-electron chi connectivity index (χ0n) is 6.43. The lowest BCUT2D eigenvalue weighted by molar-refractivity contribution is 0.350. The van der Waals surface area contributed by atoms with Crippen molar-refractivity contribution in [2.45, 2.75) is 19.3 Å². The second-order valence-corrected chi connectivity index (χ2v) is 1.88. The Morgan fingerprint density at radius 1 is 0.727 bits per heavy atom. The lowest BCUT2D eigenvalue weighted by Gasteiger charge is -1.83. The van der Waals surface area contributed by atoms with E-state index in [0.717, 1.165) is 19.3 Å². The number of unbranched alkanes of at least 4 members (excludes halogenated alkanes) is 2. The molecule has 11 heavy (non-hydrogen) atoms. The van der Waals surface area contributed by atoms with E-state index in [0.29, 0.717) is 0 Å². The molecule has 0 fully saturated rings. The van der Waals surface area contributed by atoms with Crippen LogP contribution in [0, 0.1) is 23.7 Å². The van der Waals surface area contributed by atoms with Gasteiger partial charge in [0.2, 0.25) is 0 Å². The van der Waals surface area contributed by atoms with E-state index in [1.54, 1.807) is 0 Å². The lowest BCUT2D eigenvalue weighted by Crippen LogP contribution is -1.75. The predicted molar refractivity (Wildman–Crippen MR) is 43.6 cm³/mol. The first-order valence-electron chi connectivity index (χ1n) is 3.55. The zero-order chi connectivity index (χ0) is 8.36. The van der Waals surface area contributed by atoms with Crippen molar-refractivity contribution in [3.63, 3.8) is 0 Å². The second-order valence-electron chi connectivity index (χ2n) is 1.88. The van der Waals surface area contributed by atoms with Gasteiger partial charge in [0.15, 0.2) is 0 Å². The Bertz CT molecular complexity index is 165. The monoisotopic (exact) mass is 152 g/mol. The normalized spacial score (nSPS) is 7.45. The molecule has 0 saturated heterocycles. The van der Waals surface area contributed by atoms with Crippen LogP contribution in [0.3, 0.4) is 0 Å². The summed E-state index contributed by atoms with van der Waals surface area (Å²) in [7, 11) is 0. The fourth-order valence-corrected chi connectivity index (χ4v) is 0.554. The average molecular weight is 152 g/mol. The molecule has 2 N–H and O–H groups in total. The number of hydrogen-bond acceptors (Lipinski definition) is 2. The Balaban J connectivity index is 3.14. The fourth-order valence-electron chi connectivity index (χ4n) is 0.554. The van der Waals surface area contributed by atoms with Crippen LogP contribution in [0.15, 0.2) is 0 Å². The Morgan fingerprint density at radius 2 is 1.18 bits per heavy atom. The van der Waals surface area contributed by atoms with Crippen molar-refractivity contribution in [1.29, 1.82) is 0 Å². The van der Waals surface area contributed by atoms with Crippen LogP contribution in [0.2, 0.25) is 0 Å². The van der Waals surface area contributed by atoms with Gasteiger partial charge in [-0.2, -0.15) is 0 Å². The number of aliphatic hydroxyl groups is 2. The van der Waals surface area contributed by atoms with E-state index in [-0.39, 0.29) is 13.2 Å². The van der Waals surface area contributed by atoms with Crippen LogP contribution in [-0.2, 0) is 0 Å². The molecule has 0 amide bonds. The summed E-state index contributed by atoms with van der Waals surface area (Å²) in [6.07, 6.45) is 2.43. The number of hydrogen-bond donors (Lipinski definition) is 2. The molecule has 2 nitrogen and oxygen atoms in total. The van der Waals surface area contributed by atoms with Gasteiger partial charge in [0.25, 0.3) is 0 Å². The van der Waals surface area contributed by atoms with Gasteiger partial charge in [-0.05, 0) is 6.42 Å². The minimum Gasteiger partial charge on any atom is -0.384 e. The first kappa shape index (κ1) is 10.0. The van der Waals surface area contributed by atoms with Crippen LogP contribution in [0.1, 0.15) is 19.3 Å². The second kappa shape index (κ2) is 9.04. The van der Waals surface area contributed by atoms with Crippen molar-refractivity contribution in [3.05, 3.63) is 0 Å². The topological polar surface area (TPSA) is 40.5 Å². The van der Waals surface area contributed by atoms with Crippen LogP contribution >= 0.6 is 0 Å². The van der Waals surface area contributed by atoms with Gasteiger partial charge in [0.05, 0.1) is 0 Å². The molecule has 0 aliphatic carbocycles. The maximum absolute atomic E-state index is 8.27. The van der Waals surface area contributed by atoms with Crippen molar-refractivity contribution >= 4 is 0 Å². The highest BCUT2D eigenvalue weighted by Gasteiger charge is 1.77. The predicted octanol–water partition coefficient (Wildman–Crippen LogP) is 0.148. The van der Waals surface area contributed by atoms with E-state index in [1.165, 1.54) is 0 Å². The van der Waals surface area contributed by atoms with Crippen LogP contribution in [0.5, 0.6) is 0 Å². The van der Waals surface area contributed by atoms with E-state index < -0.39 is 0 Å². The summed E-state index contributed by atoms with van der Waals surface area (Å²) in [5.41, 5.74) is 0. The molecule has 0 rings (SSSR count). The van der Waals surface area contributed by atoms with Gasteiger partial charge in [0, 0.05) is 12.8 Å². The minimum atomic E-state index is -0.0671. The Labute approximate surface area is 67.2 Å².